The molecule has 0 bridgehead atoms. The van der Waals surface area contributed by atoms with Gasteiger partial charge in [0.05, 0.1) is 16.8 Å². The van der Waals surface area contributed by atoms with Crippen LogP contribution in [0.15, 0.2) is 34.8 Å². The number of thiazole rings is 1. The molecule has 0 radical (unpaired) electrons. The molecule has 1 aromatic heterocycles. The van der Waals surface area contributed by atoms with Crippen LogP contribution in [0.3, 0.4) is 0 Å². The third-order valence-corrected chi connectivity index (χ3v) is 7.50. The van der Waals surface area contributed by atoms with Crippen LogP contribution in [0, 0.1) is 18.8 Å². The molecule has 0 saturated carbocycles. The van der Waals surface area contributed by atoms with Crippen LogP contribution < -0.4 is 0 Å². The number of hydrogen-bond donors (Lipinski definition) is 2. The van der Waals surface area contributed by atoms with Gasteiger partial charge in [0.15, 0.2) is 5.78 Å². The summed E-state index contributed by atoms with van der Waals surface area (Å²) in [5, 5.41) is 24.4. The van der Waals surface area contributed by atoms with Gasteiger partial charge in [0.25, 0.3) is 0 Å². The number of ether oxygens (including phenoxy) is 1. The third-order valence-electron chi connectivity index (χ3n) is 6.71. The Morgan fingerprint density at radius 1 is 1.20 bits per heavy atom. The molecule has 6 nitrogen and oxygen atoms in total. The van der Waals surface area contributed by atoms with Gasteiger partial charge in [-0.3, -0.25) is 9.59 Å². The molecular weight excluding hydrogens is 462 g/mol. The second-order valence-electron chi connectivity index (χ2n) is 10.1. The van der Waals surface area contributed by atoms with Crippen molar-refractivity contribution < 1.29 is 24.5 Å². The first-order valence-corrected chi connectivity index (χ1v) is 13.3. The lowest BCUT2D eigenvalue weighted by molar-refractivity contribution is -0.151. The Kier molecular flexibility index (Phi) is 11.1. The second-order valence-corrected chi connectivity index (χ2v) is 11.1. The minimum Gasteiger partial charge on any atom is -0.457 e. The van der Waals surface area contributed by atoms with Crippen LogP contribution in [0.25, 0.3) is 6.08 Å². The molecule has 35 heavy (non-hydrogen) atoms. The summed E-state index contributed by atoms with van der Waals surface area (Å²) in [4.78, 5) is 30.2. The van der Waals surface area contributed by atoms with E-state index in [4.69, 9.17) is 4.74 Å². The molecule has 1 aliphatic heterocycles. The second kappa shape index (κ2) is 13.3. The SMILES string of the molecule is CC1=CCC(/C(C)=C/c2csc(C)n2)OC(=O)CCC(C)(O)C(=O)C(C)C(O)C(C)C/C=C\CC1. The lowest BCUT2D eigenvalue weighted by atomic mass is 9.80. The van der Waals surface area contributed by atoms with Crippen LogP contribution in [-0.4, -0.2) is 44.8 Å². The zero-order chi connectivity index (χ0) is 26.2. The molecular formula is C28H41NO5S. The summed E-state index contributed by atoms with van der Waals surface area (Å²) in [6, 6.07) is 0. The van der Waals surface area contributed by atoms with E-state index in [0.717, 1.165) is 29.1 Å². The van der Waals surface area contributed by atoms with Crippen LogP contribution >= 0.6 is 11.3 Å². The van der Waals surface area contributed by atoms with Crippen molar-refractivity contribution in [3.05, 3.63) is 45.5 Å². The van der Waals surface area contributed by atoms with Gasteiger partial charge in [0, 0.05) is 24.1 Å². The van der Waals surface area contributed by atoms with Crippen LogP contribution in [-0.2, 0) is 14.3 Å². The van der Waals surface area contributed by atoms with Crippen LogP contribution in [0.5, 0.6) is 0 Å². The lowest BCUT2D eigenvalue weighted by Crippen LogP contribution is -2.44. The fourth-order valence-corrected chi connectivity index (χ4v) is 4.78. The van der Waals surface area contributed by atoms with Crippen molar-refractivity contribution in [1.82, 2.24) is 4.98 Å². The van der Waals surface area contributed by atoms with Gasteiger partial charge in [0.1, 0.15) is 11.7 Å². The van der Waals surface area contributed by atoms with E-state index in [2.05, 4.69) is 24.1 Å². The van der Waals surface area contributed by atoms with Gasteiger partial charge >= 0.3 is 5.97 Å². The first-order valence-electron chi connectivity index (χ1n) is 12.5. The summed E-state index contributed by atoms with van der Waals surface area (Å²) in [7, 11) is 0. The number of nitrogens with zero attached hydrogens (tertiary/aromatic N) is 1. The first kappa shape index (κ1) is 29.1. The van der Waals surface area contributed by atoms with Gasteiger partial charge in [-0.2, -0.15) is 0 Å². The average Bonchev–Trinajstić information content (AvgIpc) is 3.22. The molecule has 2 heterocycles. The van der Waals surface area contributed by atoms with E-state index in [-0.39, 0.29) is 18.8 Å². The number of cyclic esters (lactones) is 1. The number of aryl methyl sites for hydroxylation is 1. The maximum absolute atomic E-state index is 12.9. The zero-order valence-corrected chi connectivity index (χ0v) is 22.7. The number of ketones is 1. The summed E-state index contributed by atoms with van der Waals surface area (Å²) in [5.74, 6) is -1.80. The number of aliphatic hydroxyl groups is 2. The normalized spacial score (nSPS) is 31.8. The number of allylic oxidation sites excluding steroid dienone is 3. The Morgan fingerprint density at radius 3 is 2.57 bits per heavy atom. The van der Waals surface area contributed by atoms with E-state index < -0.39 is 35.5 Å². The smallest absolute Gasteiger partial charge is 0.306 e. The van der Waals surface area contributed by atoms with Crippen molar-refractivity contribution in [3.8, 4) is 0 Å². The first-order chi connectivity index (χ1) is 16.4. The summed E-state index contributed by atoms with van der Waals surface area (Å²) in [5.41, 5.74) is 1.21. The molecule has 0 amide bonds. The standard InChI is InChI=1S/C28H41NO5S/c1-18-10-8-7-9-11-19(2)26(31)21(4)27(32)28(6,33)15-14-25(30)34-24(13-12-18)20(3)16-23-17-35-22(5)29-23/h7,9,12,16-17,19,21,24,26,31,33H,8,10-11,13-15H2,1-6H3/b9-7-,18-12?,20-16+. The van der Waals surface area contributed by atoms with Crippen molar-refractivity contribution in [2.24, 2.45) is 11.8 Å². The van der Waals surface area contributed by atoms with E-state index in [1.165, 1.54) is 12.5 Å². The van der Waals surface area contributed by atoms with E-state index >= 15 is 0 Å². The maximum atomic E-state index is 12.9. The molecule has 0 fully saturated rings. The van der Waals surface area contributed by atoms with Crippen LogP contribution in [0.4, 0.5) is 0 Å². The Morgan fingerprint density at radius 2 is 1.91 bits per heavy atom. The summed E-state index contributed by atoms with van der Waals surface area (Å²) in [6.45, 7) is 10.9. The highest BCUT2D eigenvalue weighted by atomic mass is 32.1. The number of aliphatic hydroxyl groups excluding tert-OH is 1. The van der Waals surface area contributed by atoms with Gasteiger partial charge < -0.3 is 14.9 Å². The van der Waals surface area contributed by atoms with Crippen molar-refractivity contribution in [2.75, 3.05) is 0 Å². The average molecular weight is 504 g/mol. The van der Waals surface area contributed by atoms with Gasteiger partial charge in [-0.05, 0) is 70.9 Å². The minimum atomic E-state index is -1.73. The number of carbonyl (C=O) groups excluding carboxylic acids is 2. The molecule has 1 aromatic rings. The van der Waals surface area contributed by atoms with Gasteiger partial charge in [-0.1, -0.05) is 37.6 Å². The fourth-order valence-electron chi connectivity index (χ4n) is 4.21. The Labute approximate surface area is 213 Å². The van der Waals surface area contributed by atoms with E-state index in [0.29, 0.717) is 12.8 Å². The molecule has 5 atom stereocenters. The van der Waals surface area contributed by atoms with Crippen LogP contribution in [0.1, 0.15) is 83.8 Å². The van der Waals surface area contributed by atoms with Crippen molar-refractivity contribution in [2.45, 2.75) is 97.9 Å². The fraction of sp³-hybridized carbons (Fsp3) is 0.607. The number of hydrogen-bond acceptors (Lipinski definition) is 7. The highest BCUT2D eigenvalue weighted by Gasteiger charge is 2.38. The highest BCUT2D eigenvalue weighted by Crippen LogP contribution is 2.26. The molecule has 0 saturated heterocycles. The number of Topliss-reactive ketones (excluding diaryl/α,β-unsaturated/α-hetero) is 1. The molecule has 194 valence electrons. The Balaban J connectivity index is 2.27. The molecule has 2 N–H and O–H groups in total. The van der Waals surface area contributed by atoms with Crippen LogP contribution in [0.2, 0.25) is 0 Å². The van der Waals surface area contributed by atoms with Gasteiger partial charge in [-0.25, -0.2) is 4.98 Å². The minimum absolute atomic E-state index is 0.0638. The monoisotopic (exact) mass is 503 g/mol. The van der Waals surface area contributed by atoms with E-state index in [9.17, 15) is 19.8 Å². The highest BCUT2D eigenvalue weighted by molar-refractivity contribution is 7.09. The number of esters is 1. The predicted molar refractivity (Wildman–Crippen MR) is 141 cm³/mol. The number of rotatable bonds is 2. The number of aromatic nitrogens is 1. The molecule has 0 aromatic carbocycles. The van der Waals surface area contributed by atoms with Crippen molar-refractivity contribution in [3.63, 3.8) is 0 Å². The van der Waals surface area contributed by atoms with E-state index in [1.807, 2.05) is 38.3 Å². The molecule has 2 rings (SSSR count). The molecule has 1 aliphatic rings. The van der Waals surface area contributed by atoms with E-state index in [1.54, 1.807) is 18.3 Å². The molecule has 5 unspecified atom stereocenters. The molecule has 0 spiro atoms. The largest absolute Gasteiger partial charge is 0.457 e. The van der Waals surface area contributed by atoms with Gasteiger partial charge in [0.2, 0.25) is 0 Å². The number of carbonyl (C=O) groups is 2. The summed E-state index contributed by atoms with van der Waals surface area (Å²) in [6.07, 6.45) is 9.64. The molecule has 7 heteroatoms. The maximum Gasteiger partial charge on any atom is 0.306 e. The predicted octanol–water partition coefficient (Wildman–Crippen LogP) is 5.58. The summed E-state index contributed by atoms with van der Waals surface area (Å²) >= 11 is 1.56. The topological polar surface area (TPSA) is 96.7 Å². The Hall–Kier alpha value is -2.09. The van der Waals surface area contributed by atoms with Crippen molar-refractivity contribution in [1.29, 1.82) is 0 Å². The third kappa shape index (κ3) is 9.13. The summed E-state index contributed by atoms with van der Waals surface area (Å²) < 4.78 is 5.82. The van der Waals surface area contributed by atoms with Gasteiger partial charge in [-0.15, -0.1) is 11.3 Å². The lowest BCUT2D eigenvalue weighted by Gasteiger charge is -2.30. The zero-order valence-electron chi connectivity index (χ0n) is 21.9. The molecule has 0 aliphatic carbocycles. The van der Waals surface area contributed by atoms with Crippen molar-refractivity contribution >= 4 is 29.2 Å². The Bertz CT molecular complexity index is 958. The quantitative estimate of drug-likeness (QED) is 0.404.